The van der Waals surface area contributed by atoms with Crippen molar-refractivity contribution in [3.8, 4) is 22.6 Å². The third-order valence-electron chi connectivity index (χ3n) is 7.37. The maximum absolute atomic E-state index is 13.7. The summed E-state index contributed by atoms with van der Waals surface area (Å²) in [4.78, 5) is 26.9. The van der Waals surface area contributed by atoms with E-state index in [1.54, 1.807) is 30.6 Å². The van der Waals surface area contributed by atoms with E-state index in [0.717, 1.165) is 6.07 Å². The van der Waals surface area contributed by atoms with Gasteiger partial charge in [-0.3, -0.25) is 4.79 Å². The van der Waals surface area contributed by atoms with Crippen molar-refractivity contribution in [2.45, 2.75) is 31.5 Å². The summed E-state index contributed by atoms with van der Waals surface area (Å²) in [5.74, 6) is -1.54. The summed E-state index contributed by atoms with van der Waals surface area (Å²) < 4.78 is 68.9. The van der Waals surface area contributed by atoms with Crippen molar-refractivity contribution in [3.63, 3.8) is 0 Å². The lowest BCUT2D eigenvalue weighted by molar-refractivity contribution is -0.138. The van der Waals surface area contributed by atoms with Crippen LogP contribution in [0.15, 0.2) is 67.3 Å². The Labute approximate surface area is 242 Å². The van der Waals surface area contributed by atoms with E-state index in [1.807, 2.05) is 9.47 Å². The van der Waals surface area contributed by atoms with Gasteiger partial charge in [-0.25, -0.2) is 23.9 Å². The van der Waals surface area contributed by atoms with Crippen molar-refractivity contribution in [2.75, 3.05) is 25.0 Å². The van der Waals surface area contributed by atoms with Crippen LogP contribution in [0.5, 0.6) is 0 Å². The Morgan fingerprint density at radius 1 is 1.00 bits per heavy atom. The van der Waals surface area contributed by atoms with E-state index in [-0.39, 0.29) is 24.0 Å². The number of nitrogens with zero attached hydrogens (tertiary/aromatic N) is 7. The molecule has 0 atom stereocenters. The zero-order valence-corrected chi connectivity index (χ0v) is 22.6. The molecule has 1 aliphatic heterocycles. The molecule has 1 saturated heterocycles. The van der Waals surface area contributed by atoms with E-state index >= 15 is 0 Å². The Hall–Kier alpha value is -4.72. The van der Waals surface area contributed by atoms with Crippen LogP contribution in [0.2, 0.25) is 0 Å². The van der Waals surface area contributed by atoms with Gasteiger partial charge in [-0.05, 0) is 55.3 Å². The largest absolute Gasteiger partial charge is 0.390 e. The van der Waals surface area contributed by atoms with Gasteiger partial charge in [0.1, 0.15) is 11.5 Å². The average molecular weight is 597 g/mol. The van der Waals surface area contributed by atoms with E-state index in [2.05, 4.69) is 20.3 Å². The number of hydrogen-bond acceptors (Lipinski definition) is 6. The predicted molar refractivity (Wildman–Crippen MR) is 147 cm³/mol. The Kier molecular flexibility index (Phi) is 7.61. The number of rotatable bonds is 7. The molecule has 6 rings (SSSR count). The summed E-state index contributed by atoms with van der Waals surface area (Å²) in [6.45, 7) is 0.965. The predicted octanol–water partition coefficient (Wildman–Crippen LogP) is 5.77. The molecule has 1 aromatic carbocycles. The van der Waals surface area contributed by atoms with Crippen molar-refractivity contribution >= 4 is 17.4 Å². The summed E-state index contributed by atoms with van der Waals surface area (Å²) >= 11 is 0. The minimum Gasteiger partial charge on any atom is -0.326 e. The maximum atomic E-state index is 13.7. The number of fused-ring (bicyclic) bond motifs is 1. The van der Waals surface area contributed by atoms with Crippen molar-refractivity contribution in [2.24, 2.45) is 0 Å². The number of aromatic nitrogens is 6. The Bertz CT molecular complexity index is 1760. The SMILES string of the molecule is O=C(Nc1cn2nc(-c3c(-c4ccc(F)cc4)ncn3C3CCN(CCC(F)(F)F)CC3)ccc2n1)c1ccnc(F)c1. The minimum atomic E-state index is -4.20. The number of carbonyl (C=O) groups excluding carboxylic acids is 1. The highest BCUT2D eigenvalue weighted by Crippen LogP contribution is 2.36. The van der Waals surface area contributed by atoms with E-state index < -0.39 is 30.3 Å². The molecule has 0 radical (unpaired) electrons. The summed E-state index contributed by atoms with van der Waals surface area (Å²) in [5, 5.41) is 7.35. The van der Waals surface area contributed by atoms with Crippen LogP contribution in [0.3, 0.4) is 0 Å². The van der Waals surface area contributed by atoms with Crippen molar-refractivity contribution in [1.29, 1.82) is 0 Å². The minimum absolute atomic E-state index is 0.0400. The fourth-order valence-corrected chi connectivity index (χ4v) is 5.22. The number of amides is 1. The number of nitrogens with one attached hydrogen (secondary N) is 1. The Morgan fingerprint density at radius 2 is 1.77 bits per heavy atom. The molecule has 0 spiro atoms. The van der Waals surface area contributed by atoms with Gasteiger partial charge >= 0.3 is 6.18 Å². The summed E-state index contributed by atoms with van der Waals surface area (Å²) in [6.07, 6.45) is 0.576. The summed E-state index contributed by atoms with van der Waals surface area (Å²) in [7, 11) is 0. The van der Waals surface area contributed by atoms with Crippen LogP contribution in [-0.4, -0.2) is 65.8 Å². The average Bonchev–Trinajstić information content (AvgIpc) is 3.60. The molecule has 0 bridgehead atoms. The molecule has 43 heavy (non-hydrogen) atoms. The summed E-state index contributed by atoms with van der Waals surface area (Å²) in [6, 6.07) is 11.7. The third kappa shape index (κ3) is 6.38. The normalized spacial score (nSPS) is 14.8. The second-order valence-electron chi connectivity index (χ2n) is 10.3. The van der Waals surface area contributed by atoms with Crippen LogP contribution in [0.25, 0.3) is 28.3 Å². The van der Waals surface area contributed by atoms with Gasteiger partial charge in [-0.1, -0.05) is 0 Å². The maximum Gasteiger partial charge on any atom is 0.390 e. The molecule has 1 fully saturated rings. The fraction of sp³-hybridized carbons (Fsp3) is 0.276. The molecule has 4 aromatic heterocycles. The number of piperidine rings is 1. The monoisotopic (exact) mass is 596 g/mol. The number of imidazole rings is 2. The van der Waals surface area contributed by atoms with Crippen LogP contribution >= 0.6 is 0 Å². The van der Waals surface area contributed by atoms with E-state index in [1.165, 1.54) is 35.1 Å². The number of alkyl halides is 3. The fourth-order valence-electron chi connectivity index (χ4n) is 5.22. The first-order valence-electron chi connectivity index (χ1n) is 13.5. The quantitative estimate of drug-likeness (QED) is 0.189. The highest BCUT2D eigenvalue weighted by molar-refractivity contribution is 6.03. The van der Waals surface area contributed by atoms with E-state index in [9.17, 15) is 26.7 Å². The topological polar surface area (TPSA) is 93.2 Å². The first-order chi connectivity index (χ1) is 20.6. The van der Waals surface area contributed by atoms with Crippen LogP contribution in [0, 0.1) is 11.8 Å². The third-order valence-corrected chi connectivity index (χ3v) is 7.37. The molecule has 1 N–H and O–H groups in total. The molecule has 14 heteroatoms. The Morgan fingerprint density at radius 3 is 2.49 bits per heavy atom. The zero-order chi connectivity index (χ0) is 30.1. The Balaban J connectivity index is 1.30. The van der Waals surface area contributed by atoms with Gasteiger partial charge in [-0.2, -0.15) is 22.7 Å². The molecule has 9 nitrogen and oxygen atoms in total. The lowest BCUT2D eigenvalue weighted by atomic mass is 10.0. The molecule has 5 heterocycles. The number of carbonyl (C=O) groups is 1. The molecule has 0 saturated carbocycles. The number of benzene rings is 1. The first-order valence-corrected chi connectivity index (χ1v) is 13.5. The molecule has 1 aliphatic rings. The standard InChI is InChI=1S/C29H25F5N8O/c30-20-3-1-18(2-4-20)26-27(41(17-36-26)21-8-12-40(13-9-21)14-10-29(32,33)34)22-5-6-25-37-24(16-42(25)39-22)38-28(43)19-7-11-35-23(31)15-19/h1-7,11,15-17,21H,8-10,12-14H2,(H,38,43). The smallest absolute Gasteiger partial charge is 0.326 e. The van der Waals surface area contributed by atoms with Crippen LogP contribution in [-0.2, 0) is 0 Å². The first kappa shape index (κ1) is 28.4. The zero-order valence-electron chi connectivity index (χ0n) is 22.6. The molecule has 1 amide bonds. The van der Waals surface area contributed by atoms with Gasteiger partial charge in [0.2, 0.25) is 5.95 Å². The molecular formula is C29H25F5N8O. The second-order valence-corrected chi connectivity index (χ2v) is 10.3. The van der Waals surface area contributed by atoms with E-state index in [0.29, 0.717) is 54.2 Å². The number of hydrogen-bond donors (Lipinski definition) is 1. The molecule has 0 aliphatic carbocycles. The lowest BCUT2D eigenvalue weighted by Gasteiger charge is -2.33. The van der Waals surface area contributed by atoms with Gasteiger partial charge in [0, 0.05) is 49.1 Å². The molecule has 222 valence electrons. The van der Waals surface area contributed by atoms with Crippen LogP contribution < -0.4 is 5.32 Å². The number of pyridine rings is 1. The molecule has 0 unspecified atom stereocenters. The van der Waals surface area contributed by atoms with Crippen molar-refractivity contribution < 1.29 is 26.7 Å². The number of anilines is 1. The molecule has 5 aromatic rings. The lowest BCUT2D eigenvalue weighted by Crippen LogP contribution is -2.36. The van der Waals surface area contributed by atoms with Crippen LogP contribution in [0.1, 0.15) is 35.7 Å². The summed E-state index contributed by atoms with van der Waals surface area (Å²) in [5.41, 5.74) is 2.94. The second kappa shape index (κ2) is 11.5. The number of halogens is 5. The van der Waals surface area contributed by atoms with Gasteiger partial charge < -0.3 is 14.8 Å². The van der Waals surface area contributed by atoms with Crippen molar-refractivity contribution in [3.05, 3.63) is 84.6 Å². The van der Waals surface area contributed by atoms with Gasteiger partial charge in [0.15, 0.2) is 11.5 Å². The van der Waals surface area contributed by atoms with Gasteiger partial charge in [-0.15, -0.1) is 0 Å². The van der Waals surface area contributed by atoms with Crippen LogP contribution in [0.4, 0.5) is 27.8 Å². The van der Waals surface area contributed by atoms with Gasteiger partial charge in [0.05, 0.1) is 30.3 Å². The highest BCUT2D eigenvalue weighted by Gasteiger charge is 2.30. The highest BCUT2D eigenvalue weighted by atomic mass is 19.4. The number of likely N-dealkylation sites (tertiary alicyclic amines) is 1. The van der Waals surface area contributed by atoms with Crippen molar-refractivity contribution in [1.82, 2.24) is 34.0 Å². The van der Waals surface area contributed by atoms with E-state index in [4.69, 9.17) is 5.10 Å². The van der Waals surface area contributed by atoms with Gasteiger partial charge in [0.25, 0.3) is 5.91 Å². The molecular weight excluding hydrogens is 571 g/mol.